The first-order valence-electron chi connectivity index (χ1n) is 5.17. The van der Waals surface area contributed by atoms with Crippen molar-refractivity contribution >= 4 is 5.97 Å². The smallest absolute Gasteiger partial charge is 0.305 e. The molecule has 0 radical (unpaired) electrons. The van der Waals surface area contributed by atoms with Crippen LogP contribution in [0.3, 0.4) is 0 Å². The zero-order valence-corrected chi connectivity index (χ0v) is 8.90. The minimum absolute atomic E-state index is 0.109. The molecule has 0 bridgehead atoms. The van der Waals surface area contributed by atoms with E-state index in [1.54, 1.807) is 0 Å². The summed E-state index contributed by atoms with van der Waals surface area (Å²) in [6.45, 7) is 6.68. The molecule has 0 aromatic heterocycles. The van der Waals surface area contributed by atoms with Gasteiger partial charge in [0.05, 0.1) is 19.1 Å². The van der Waals surface area contributed by atoms with Gasteiger partial charge in [-0.3, -0.25) is 9.69 Å². The highest BCUT2D eigenvalue weighted by molar-refractivity contribution is 5.66. The molecule has 0 amide bonds. The van der Waals surface area contributed by atoms with E-state index in [4.69, 9.17) is 9.84 Å². The van der Waals surface area contributed by atoms with Gasteiger partial charge in [-0.25, -0.2) is 0 Å². The van der Waals surface area contributed by atoms with Crippen molar-refractivity contribution in [2.45, 2.75) is 38.8 Å². The lowest BCUT2D eigenvalue weighted by Gasteiger charge is -2.20. The topological polar surface area (TPSA) is 49.8 Å². The molecule has 0 saturated carbocycles. The van der Waals surface area contributed by atoms with E-state index in [9.17, 15) is 4.79 Å². The highest BCUT2D eigenvalue weighted by atomic mass is 16.5. The van der Waals surface area contributed by atoms with Crippen molar-refractivity contribution in [2.24, 2.45) is 0 Å². The van der Waals surface area contributed by atoms with Crippen LogP contribution in [0, 0.1) is 0 Å². The molecule has 1 fully saturated rings. The zero-order valence-electron chi connectivity index (χ0n) is 8.90. The van der Waals surface area contributed by atoms with Crippen LogP contribution in [-0.4, -0.2) is 47.8 Å². The SMILES string of the molecule is CC(C)N1CC[C@H](OCCC(=O)O)C1. The van der Waals surface area contributed by atoms with E-state index >= 15 is 0 Å². The van der Waals surface area contributed by atoms with Crippen LogP contribution in [0.1, 0.15) is 26.7 Å². The standard InChI is InChI=1S/C10H19NO3/c1-8(2)11-5-3-9(7-11)14-6-4-10(12)13/h8-9H,3-7H2,1-2H3,(H,12,13)/t9-/m0/s1. The number of ether oxygens (including phenoxy) is 1. The summed E-state index contributed by atoms with van der Waals surface area (Å²) in [6, 6.07) is 0.558. The van der Waals surface area contributed by atoms with Gasteiger partial charge in [-0.1, -0.05) is 0 Å². The average Bonchev–Trinajstić information content (AvgIpc) is 2.52. The number of likely N-dealkylation sites (tertiary alicyclic amines) is 1. The lowest BCUT2D eigenvalue weighted by molar-refractivity contribution is -0.138. The fourth-order valence-corrected chi connectivity index (χ4v) is 1.67. The van der Waals surface area contributed by atoms with Gasteiger partial charge < -0.3 is 9.84 Å². The molecule has 1 rings (SSSR count). The fraction of sp³-hybridized carbons (Fsp3) is 0.900. The van der Waals surface area contributed by atoms with E-state index in [1.165, 1.54) is 0 Å². The van der Waals surface area contributed by atoms with E-state index in [0.29, 0.717) is 12.6 Å². The second-order valence-corrected chi connectivity index (χ2v) is 4.01. The molecule has 0 aromatic rings. The third-order valence-corrected chi connectivity index (χ3v) is 2.58. The average molecular weight is 201 g/mol. The van der Waals surface area contributed by atoms with Crippen molar-refractivity contribution in [3.63, 3.8) is 0 Å². The third kappa shape index (κ3) is 3.64. The zero-order chi connectivity index (χ0) is 10.6. The van der Waals surface area contributed by atoms with Crippen LogP contribution >= 0.6 is 0 Å². The summed E-state index contributed by atoms with van der Waals surface area (Å²) < 4.78 is 5.47. The Kier molecular flexibility index (Phi) is 4.35. The molecule has 4 heteroatoms. The first-order chi connectivity index (χ1) is 6.59. The summed E-state index contributed by atoms with van der Waals surface area (Å²) in [4.78, 5) is 12.6. The van der Waals surface area contributed by atoms with Gasteiger partial charge in [0.25, 0.3) is 0 Å². The van der Waals surface area contributed by atoms with Crippen molar-refractivity contribution in [3.05, 3.63) is 0 Å². The maximum atomic E-state index is 10.3. The van der Waals surface area contributed by atoms with Crippen molar-refractivity contribution in [1.29, 1.82) is 0 Å². The van der Waals surface area contributed by atoms with Crippen LogP contribution in [0.2, 0.25) is 0 Å². The minimum atomic E-state index is -0.788. The van der Waals surface area contributed by atoms with E-state index < -0.39 is 5.97 Å². The Morgan fingerprint density at radius 1 is 1.64 bits per heavy atom. The summed E-state index contributed by atoms with van der Waals surface area (Å²) in [5.41, 5.74) is 0. The number of hydrogen-bond acceptors (Lipinski definition) is 3. The molecule has 14 heavy (non-hydrogen) atoms. The highest BCUT2D eigenvalue weighted by Gasteiger charge is 2.24. The highest BCUT2D eigenvalue weighted by Crippen LogP contribution is 2.15. The third-order valence-electron chi connectivity index (χ3n) is 2.58. The first kappa shape index (κ1) is 11.5. The number of carbonyl (C=O) groups is 1. The molecule has 1 atom stereocenters. The number of aliphatic carboxylic acids is 1. The van der Waals surface area contributed by atoms with Gasteiger partial charge in [-0.15, -0.1) is 0 Å². The van der Waals surface area contributed by atoms with Crippen molar-refractivity contribution < 1.29 is 14.6 Å². The fourth-order valence-electron chi connectivity index (χ4n) is 1.67. The van der Waals surface area contributed by atoms with Crippen molar-refractivity contribution in [2.75, 3.05) is 19.7 Å². The second kappa shape index (κ2) is 5.32. The van der Waals surface area contributed by atoms with E-state index in [0.717, 1.165) is 19.5 Å². The molecule has 4 nitrogen and oxygen atoms in total. The molecular formula is C10H19NO3. The molecule has 0 spiro atoms. The number of hydrogen-bond donors (Lipinski definition) is 1. The quantitative estimate of drug-likeness (QED) is 0.719. The van der Waals surface area contributed by atoms with Gasteiger partial charge in [0, 0.05) is 19.1 Å². The summed E-state index contributed by atoms with van der Waals surface area (Å²) in [7, 11) is 0. The molecule has 0 aromatic carbocycles. The molecule has 1 N–H and O–H groups in total. The predicted octanol–water partition coefficient (Wildman–Crippen LogP) is 0.960. The largest absolute Gasteiger partial charge is 0.481 e. The predicted molar refractivity (Wildman–Crippen MR) is 53.3 cm³/mol. The maximum Gasteiger partial charge on any atom is 0.305 e. The molecule has 1 saturated heterocycles. The number of carboxylic acids is 1. The van der Waals surface area contributed by atoms with Gasteiger partial charge in [0.1, 0.15) is 0 Å². The van der Waals surface area contributed by atoms with Gasteiger partial charge in [-0.2, -0.15) is 0 Å². The first-order valence-corrected chi connectivity index (χ1v) is 5.17. The van der Waals surface area contributed by atoms with E-state index in [2.05, 4.69) is 18.7 Å². The summed E-state index contributed by atoms with van der Waals surface area (Å²) in [5.74, 6) is -0.788. The van der Waals surface area contributed by atoms with Crippen molar-refractivity contribution in [3.8, 4) is 0 Å². The van der Waals surface area contributed by atoms with Gasteiger partial charge in [-0.05, 0) is 20.3 Å². The van der Waals surface area contributed by atoms with Crippen LogP contribution in [0.4, 0.5) is 0 Å². The summed E-state index contributed by atoms with van der Waals surface area (Å²) in [6.07, 6.45) is 1.37. The lowest BCUT2D eigenvalue weighted by atomic mass is 10.3. The Morgan fingerprint density at radius 3 is 2.86 bits per heavy atom. The molecule has 1 aliphatic heterocycles. The van der Waals surface area contributed by atoms with Gasteiger partial charge >= 0.3 is 5.97 Å². The maximum absolute atomic E-state index is 10.3. The lowest BCUT2D eigenvalue weighted by Crippen LogP contribution is -2.30. The number of carboxylic acid groups (broad SMARTS) is 1. The Hall–Kier alpha value is -0.610. The molecule has 1 aliphatic rings. The Balaban J connectivity index is 2.13. The van der Waals surface area contributed by atoms with Crippen molar-refractivity contribution in [1.82, 2.24) is 4.90 Å². The number of rotatable bonds is 5. The monoisotopic (exact) mass is 201 g/mol. The normalized spacial score (nSPS) is 23.2. The molecule has 0 aliphatic carbocycles. The number of nitrogens with zero attached hydrogens (tertiary/aromatic N) is 1. The molecule has 1 heterocycles. The van der Waals surface area contributed by atoms with E-state index in [1.807, 2.05) is 0 Å². The minimum Gasteiger partial charge on any atom is -0.481 e. The second-order valence-electron chi connectivity index (χ2n) is 4.01. The summed E-state index contributed by atoms with van der Waals surface area (Å²) in [5, 5.41) is 8.44. The summed E-state index contributed by atoms with van der Waals surface area (Å²) >= 11 is 0. The van der Waals surface area contributed by atoms with Gasteiger partial charge in [0.15, 0.2) is 0 Å². The molecule has 82 valence electrons. The van der Waals surface area contributed by atoms with E-state index in [-0.39, 0.29) is 12.5 Å². The van der Waals surface area contributed by atoms with Crippen LogP contribution in [-0.2, 0) is 9.53 Å². The van der Waals surface area contributed by atoms with Crippen LogP contribution < -0.4 is 0 Å². The van der Waals surface area contributed by atoms with Gasteiger partial charge in [0.2, 0.25) is 0 Å². The Labute approximate surface area is 84.8 Å². The molecular weight excluding hydrogens is 182 g/mol. The molecule has 0 unspecified atom stereocenters. The Bertz CT molecular complexity index is 194. The Morgan fingerprint density at radius 2 is 2.36 bits per heavy atom. The van der Waals surface area contributed by atoms with Crippen LogP contribution in [0.25, 0.3) is 0 Å². The van der Waals surface area contributed by atoms with Crippen LogP contribution in [0.15, 0.2) is 0 Å². The van der Waals surface area contributed by atoms with Crippen LogP contribution in [0.5, 0.6) is 0 Å².